The number of hydrogen-bond donors (Lipinski definition) is 1. The molecule has 0 spiro atoms. The minimum atomic E-state index is 0.873. The Morgan fingerprint density at radius 3 is 2.78 bits per heavy atom. The van der Waals surface area contributed by atoms with Crippen LogP contribution in [-0.4, -0.2) is 4.98 Å². The van der Waals surface area contributed by atoms with Crippen molar-refractivity contribution in [2.45, 2.75) is 39.7 Å². The van der Waals surface area contributed by atoms with Crippen molar-refractivity contribution in [2.75, 3.05) is 5.32 Å². The lowest BCUT2D eigenvalue weighted by molar-refractivity contribution is 0.920. The van der Waals surface area contributed by atoms with Gasteiger partial charge in [0.05, 0.1) is 11.6 Å². The van der Waals surface area contributed by atoms with Crippen LogP contribution in [-0.2, 0) is 19.4 Å². The van der Waals surface area contributed by atoms with Crippen molar-refractivity contribution in [1.82, 2.24) is 4.98 Å². The van der Waals surface area contributed by atoms with Gasteiger partial charge in [0.25, 0.3) is 0 Å². The number of aryl methyl sites for hydroxylation is 2. The van der Waals surface area contributed by atoms with Gasteiger partial charge in [0.2, 0.25) is 0 Å². The van der Waals surface area contributed by atoms with Gasteiger partial charge in [-0.1, -0.05) is 38.5 Å². The molecule has 0 aliphatic heterocycles. The van der Waals surface area contributed by atoms with Crippen LogP contribution in [0, 0.1) is 0 Å². The fourth-order valence-electron chi connectivity index (χ4n) is 1.96. The number of nitrogens with zero attached hydrogens (tertiary/aromatic N) is 1. The third kappa shape index (κ3) is 3.33. The second kappa shape index (κ2) is 6.55. The predicted molar refractivity (Wildman–Crippen MR) is 79.3 cm³/mol. The molecule has 1 N–H and O–H groups in total. The summed E-state index contributed by atoms with van der Waals surface area (Å²) in [5, 5.41) is 4.74. The normalized spacial score (nSPS) is 10.6. The van der Waals surface area contributed by atoms with Crippen LogP contribution in [0.15, 0.2) is 30.5 Å². The van der Waals surface area contributed by atoms with Gasteiger partial charge in [-0.15, -0.1) is 11.3 Å². The van der Waals surface area contributed by atoms with Crippen LogP contribution < -0.4 is 5.32 Å². The van der Waals surface area contributed by atoms with Crippen molar-refractivity contribution < 1.29 is 0 Å². The van der Waals surface area contributed by atoms with Crippen LogP contribution in [0.2, 0.25) is 0 Å². The highest BCUT2D eigenvalue weighted by Gasteiger charge is 2.03. The Bertz CT molecular complexity index is 491. The monoisotopic (exact) mass is 260 g/mol. The molecule has 0 radical (unpaired) electrons. The van der Waals surface area contributed by atoms with Crippen LogP contribution in [0.4, 0.5) is 5.69 Å². The van der Waals surface area contributed by atoms with Gasteiger partial charge < -0.3 is 5.32 Å². The molecule has 0 saturated heterocycles. The molecule has 0 saturated carbocycles. The van der Waals surface area contributed by atoms with Crippen molar-refractivity contribution >= 4 is 17.0 Å². The molecular weight excluding hydrogens is 240 g/mol. The van der Waals surface area contributed by atoms with Gasteiger partial charge in [-0.05, 0) is 24.5 Å². The predicted octanol–water partition coefficient (Wildman–Crippen LogP) is 4.27. The van der Waals surface area contributed by atoms with Crippen molar-refractivity contribution in [3.8, 4) is 0 Å². The summed E-state index contributed by atoms with van der Waals surface area (Å²) in [5.41, 5.74) is 2.66. The average molecular weight is 260 g/mol. The summed E-state index contributed by atoms with van der Waals surface area (Å²) in [5.74, 6) is 0. The number of rotatable bonds is 6. The zero-order chi connectivity index (χ0) is 12.8. The van der Waals surface area contributed by atoms with Crippen LogP contribution >= 0.6 is 11.3 Å². The summed E-state index contributed by atoms with van der Waals surface area (Å²) in [6.45, 7) is 5.23. The summed E-state index contributed by atoms with van der Waals surface area (Å²) in [6.07, 6.45) is 5.32. The van der Waals surface area contributed by atoms with Crippen molar-refractivity contribution in [1.29, 1.82) is 0 Å². The van der Waals surface area contributed by atoms with E-state index in [4.69, 9.17) is 0 Å². The van der Waals surface area contributed by atoms with E-state index in [1.165, 1.54) is 27.6 Å². The molecule has 96 valence electrons. The van der Waals surface area contributed by atoms with Gasteiger partial charge in [-0.25, -0.2) is 4.98 Å². The van der Waals surface area contributed by atoms with Gasteiger partial charge in [0.1, 0.15) is 0 Å². The molecule has 0 atom stereocenters. The van der Waals surface area contributed by atoms with Gasteiger partial charge in [0, 0.05) is 16.8 Å². The molecule has 0 aliphatic carbocycles. The number of aromatic nitrogens is 1. The molecule has 0 aliphatic rings. The first-order valence-electron chi connectivity index (χ1n) is 6.58. The molecule has 18 heavy (non-hydrogen) atoms. The van der Waals surface area contributed by atoms with E-state index in [0.717, 1.165) is 19.4 Å². The van der Waals surface area contributed by atoms with Crippen molar-refractivity contribution in [3.63, 3.8) is 0 Å². The summed E-state index contributed by atoms with van der Waals surface area (Å²) >= 11 is 1.80. The number of anilines is 1. The van der Waals surface area contributed by atoms with Gasteiger partial charge in [-0.2, -0.15) is 0 Å². The van der Waals surface area contributed by atoms with E-state index >= 15 is 0 Å². The smallest absolute Gasteiger partial charge is 0.0925 e. The molecule has 0 unspecified atom stereocenters. The van der Waals surface area contributed by atoms with Crippen LogP contribution in [0.5, 0.6) is 0 Å². The quantitative estimate of drug-likeness (QED) is 0.839. The molecule has 0 amide bonds. The molecule has 2 aromatic rings. The average Bonchev–Trinajstić information content (AvgIpc) is 2.86. The fraction of sp³-hybridized carbons (Fsp3) is 0.400. The standard InChI is InChI=1S/C15H20N2S/c1-3-7-12-8-5-6-9-14(12)16-10-13-11-17-15(4-2)18-13/h5-6,8-9,11,16H,3-4,7,10H2,1-2H3. The molecule has 1 aromatic heterocycles. The first-order chi connectivity index (χ1) is 8.83. The number of nitrogens with one attached hydrogen (secondary N) is 1. The highest BCUT2D eigenvalue weighted by molar-refractivity contribution is 7.11. The maximum atomic E-state index is 4.38. The number of benzene rings is 1. The number of para-hydroxylation sites is 1. The van der Waals surface area contributed by atoms with Crippen LogP contribution in [0.3, 0.4) is 0 Å². The van der Waals surface area contributed by atoms with E-state index in [-0.39, 0.29) is 0 Å². The number of thiazole rings is 1. The van der Waals surface area contributed by atoms with Crippen molar-refractivity contribution in [3.05, 3.63) is 45.9 Å². The van der Waals surface area contributed by atoms with Crippen molar-refractivity contribution in [2.24, 2.45) is 0 Å². The summed E-state index contributed by atoms with van der Waals surface area (Å²) < 4.78 is 0. The highest BCUT2D eigenvalue weighted by atomic mass is 32.1. The summed E-state index contributed by atoms with van der Waals surface area (Å²) in [6, 6.07) is 8.56. The molecule has 1 heterocycles. The van der Waals surface area contributed by atoms with E-state index in [1.807, 2.05) is 6.20 Å². The first-order valence-corrected chi connectivity index (χ1v) is 7.40. The first kappa shape index (κ1) is 13.1. The number of hydrogen-bond acceptors (Lipinski definition) is 3. The Morgan fingerprint density at radius 2 is 2.06 bits per heavy atom. The van der Waals surface area contributed by atoms with Gasteiger partial charge in [0.15, 0.2) is 0 Å². The maximum absolute atomic E-state index is 4.38. The molecule has 2 rings (SSSR count). The largest absolute Gasteiger partial charge is 0.380 e. The minimum Gasteiger partial charge on any atom is -0.380 e. The Labute approximate surface area is 113 Å². The Balaban J connectivity index is 2.01. The molecule has 1 aromatic carbocycles. The minimum absolute atomic E-state index is 0.873. The molecule has 2 nitrogen and oxygen atoms in total. The summed E-state index contributed by atoms with van der Waals surface area (Å²) in [4.78, 5) is 5.69. The lowest BCUT2D eigenvalue weighted by atomic mass is 10.1. The molecule has 0 fully saturated rings. The molecule has 0 bridgehead atoms. The highest BCUT2D eigenvalue weighted by Crippen LogP contribution is 2.19. The van der Waals surface area contributed by atoms with Crippen LogP contribution in [0.1, 0.15) is 35.7 Å². The van der Waals surface area contributed by atoms with Gasteiger partial charge >= 0.3 is 0 Å². The van der Waals surface area contributed by atoms with E-state index in [9.17, 15) is 0 Å². The zero-order valence-corrected chi connectivity index (χ0v) is 11.9. The van der Waals surface area contributed by atoms with E-state index in [2.05, 4.69) is 48.4 Å². The topological polar surface area (TPSA) is 24.9 Å². The fourth-order valence-corrected chi connectivity index (χ4v) is 2.76. The third-order valence-corrected chi connectivity index (χ3v) is 4.04. The van der Waals surface area contributed by atoms with Crippen LogP contribution in [0.25, 0.3) is 0 Å². The Hall–Kier alpha value is -1.35. The molecular formula is C15H20N2S. The second-order valence-corrected chi connectivity index (χ2v) is 5.53. The maximum Gasteiger partial charge on any atom is 0.0925 e. The Morgan fingerprint density at radius 1 is 1.22 bits per heavy atom. The lowest BCUT2D eigenvalue weighted by Crippen LogP contribution is -2.00. The SMILES string of the molecule is CCCc1ccccc1NCc1cnc(CC)s1. The third-order valence-electron chi connectivity index (χ3n) is 2.89. The van der Waals surface area contributed by atoms with E-state index in [0.29, 0.717) is 0 Å². The van der Waals surface area contributed by atoms with E-state index < -0.39 is 0 Å². The van der Waals surface area contributed by atoms with Gasteiger partial charge in [-0.3, -0.25) is 0 Å². The Kier molecular flexibility index (Phi) is 4.76. The molecule has 3 heteroatoms. The lowest BCUT2D eigenvalue weighted by Gasteiger charge is -2.10. The zero-order valence-electron chi connectivity index (χ0n) is 11.1. The van der Waals surface area contributed by atoms with E-state index in [1.54, 1.807) is 11.3 Å². The second-order valence-electron chi connectivity index (χ2n) is 4.33. The summed E-state index contributed by atoms with van der Waals surface area (Å²) in [7, 11) is 0.